The number of benzene rings is 1. The lowest BCUT2D eigenvalue weighted by molar-refractivity contribution is 0.0930. The van der Waals surface area contributed by atoms with E-state index in [1.165, 1.54) is 6.07 Å². The minimum Gasteiger partial charge on any atom is -0.361 e. The van der Waals surface area contributed by atoms with Gasteiger partial charge in [-0.3, -0.25) is 14.7 Å². The molecule has 30 heavy (non-hydrogen) atoms. The summed E-state index contributed by atoms with van der Waals surface area (Å²) in [6, 6.07) is 10.7. The molecule has 1 aromatic carbocycles. The molecule has 0 fully saturated rings. The van der Waals surface area contributed by atoms with Gasteiger partial charge in [0.25, 0.3) is 11.5 Å². The Hall–Kier alpha value is -3.68. The number of aromatic amines is 3. The van der Waals surface area contributed by atoms with Gasteiger partial charge in [0.05, 0.1) is 11.7 Å². The number of aromatic nitrogens is 5. The highest BCUT2D eigenvalue weighted by Gasteiger charge is 2.22. The normalized spacial score (nSPS) is 12.4. The smallest absolute Gasteiger partial charge is 0.272 e. The molecule has 3 heterocycles. The molecule has 0 spiro atoms. The molecule has 1 atom stereocenters. The molecule has 1 amide bonds. The summed E-state index contributed by atoms with van der Waals surface area (Å²) in [5.41, 5.74) is 3.50. The number of carbonyl (C=O) groups is 1. The molecule has 4 aromatic rings. The molecule has 4 N–H and O–H groups in total. The molecule has 3 aromatic heterocycles. The Morgan fingerprint density at radius 3 is 2.73 bits per heavy atom. The first-order valence-corrected chi connectivity index (χ1v) is 9.89. The van der Waals surface area contributed by atoms with Crippen molar-refractivity contribution in [1.29, 1.82) is 0 Å². The summed E-state index contributed by atoms with van der Waals surface area (Å²) in [6.45, 7) is 5.77. The van der Waals surface area contributed by atoms with Crippen LogP contribution in [0.4, 0.5) is 0 Å². The molecule has 0 saturated heterocycles. The number of nitrogens with one attached hydrogen (secondary N) is 4. The SMILES string of the molecule is Cc1nc([C@H](Cc2c[nH]c3ccccc23)NC(=O)c2cc(C(C)C)[nH]n2)cc(=O)[nH]1. The van der Waals surface area contributed by atoms with E-state index in [-0.39, 0.29) is 17.4 Å². The first-order valence-electron chi connectivity index (χ1n) is 9.89. The Morgan fingerprint density at radius 2 is 2.00 bits per heavy atom. The molecule has 0 radical (unpaired) electrons. The summed E-state index contributed by atoms with van der Waals surface area (Å²) in [5.74, 6) is 0.415. The van der Waals surface area contributed by atoms with Gasteiger partial charge in [0, 0.05) is 35.3 Å². The fourth-order valence-electron chi connectivity index (χ4n) is 3.51. The van der Waals surface area contributed by atoms with E-state index < -0.39 is 6.04 Å². The molecule has 0 saturated carbocycles. The van der Waals surface area contributed by atoms with E-state index in [0.717, 1.165) is 22.2 Å². The lowest BCUT2D eigenvalue weighted by Gasteiger charge is -2.18. The van der Waals surface area contributed by atoms with Gasteiger partial charge in [0.2, 0.25) is 0 Å². The van der Waals surface area contributed by atoms with E-state index in [0.29, 0.717) is 23.6 Å². The summed E-state index contributed by atoms with van der Waals surface area (Å²) in [6.07, 6.45) is 2.41. The van der Waals surface area contributed by atoms with E-state index in [9.17, 15) is 9.59 Å². The van der Waals surface area contributed by atoms with Crippen molar-refractivity contribution in [3.63, 3.8) is 0 Å². The van der Waals surface area contributed by atoms with Crippen molar-refractivity contribution in [2.45, 2.75) is 39.2 Å². The molecule has 0 aliphatic carbocycles. The first-order chi connectivity index (χ1) is 14.4. The van der Waals surface area contributed by atoms with Crippen molar-refractivity contribution in [3.8, 4) is 0 Å². The van der Waals surface area contributed by atoms with E-state index in [2.05, 4.69) is 30.5 Å². The number of carbonyl (C=O) groups excluding carboxylic acids is 1. The molecule has 154 valence electrons. The zero-order valence-electron chi connectivity index (χ0n) is 17.1. The van der Waals surface area contributed by atoms with Crippen LogP contribution < -0.4 is 10.9 Å². The first kappa shape index (κ1) is 19.6. The molecule has 4 rings (SSSR count). The van der Waals surface area contributed by atoms with Crippen LogP contribution in [-0.4, -0.2) is 31.1 Å². The van der Waals surface area contributed by atoms with Gasteiger partial charge >= 0.3 is 0 Å². The highest BCUT2D eigenvalue weighted by molar-refractivity contribution is 5.92. The number of hydrogen-bond donors (Lipinski definition) is 4. The molecule has 0 aliphatic heterocycles. The second-order valence-corrected chi connectivity index (χ2v) is 7.71. The van der Waals surface area contributed by atoms with Crippen molar-refractivity contribution in [2.24, 2.45) is 0 Å². The number of hydrogen-bond acceptors (Lipinski definition) is 4. The molecule has 0 unspecified atom stereocenters. The number of aryl methyl sites for hydroxylation is 1. The third-order valence-corrected chi connectivity index (χ3v) is 5.09. The number of nitrogens with zero attached hydrogens (tertiary/aromatic N) is 2. The predicted octanol–water partition coefficient (Wildman–Crippen LogP) is 3.12. The summed E-state index contributed by atoms with van der Waals surface area (Å²) < 4.78 is 0. The van der Waals surface area contributed by atoms with E-state index in [1.807, 2.05) is 44.3 Å². The topological polar surface area (TPSA) is 119 Å². The molecule has 8 nitrogen and oxygen atoms in total. The van der Waals surface area contributed by atoms with Crippen LogP contribution in [0.1, 0.15) is 59.1 Å². The largest absolute Gasteiger partial charge is 0.361 e. The Balaban J connectivity index is 1.67. The summed E-state index contributed by atoms with van der Waals surface area (Å²) >= 11 is 0. The number of amides is 1. The molecule has 0 aliphatic rings. The Kier molecular flexibility index (Phi) is 5.22. The van der Waals surface area contributed by atoms with Crippen LogP contribution in [0.25, 0.3) is 10.9 Å². The molecular formula is C22H24N6O2. The molecular weight excluding hydrogens is 380 g/mol. The Morgan fingerprint density at radius 1 is 1.20 bits per heavy atom. The van der Waals surface area contributed by atoms with Crippen molar-refractivity contribution >= 4 is 16.8 Å². The third-order valence-electron chi connectivity index (χ3n) is 5.09. The lowest BCUT2D eigenvalue weighted by atomic mass is 10.0. The maximum Gasteiger partial charge on any atom is 0.272 e. The third kappa shape index (κ3) is 4.03. The van der Waals surface area contributed by atoms with Gasteiger partial charge in [0.1, 0.15) is 11.5 Å². The minimum atomic E-state index is -0.489. The van der Waals surface area contributed by atoms with Crippen LogP contribution in [-0.2, 0) is 6.42 Å². The highest BCUT2D eigenvalue weighted by atomic mass is 16.2. The minimum absolute atomic E-state index is 0.234. The maximum absolute atomic E-state index is 12.9. The number of para-hydroxylation sites is 1. The van der Waals surface area contributed by atoms with Gasteiger partial charge in [-0.1, -0.05) is 32.0 Å². The summed E-state index contributed by atoms with van der Waals surface area (Å²) in [7, 11) is 0. The van der Waals surface area contributed by atoms with E-state index >= 15 is 0 Å². The fourth-order valence-corrected chi connectivity index (χ4v) is 3.51. The fraction of sp³-hybridized carbons (Fsp3) is 0.273. The average molecular weight is 404 g/mol. The average Bonchev–Trinajstić information content (AvgIpc) is 3.34. The second-order valence-electron chi connectivity index (χ2n) is 7.71. The highest BCUT2D eigenvalue weighted by Crippen LogP contribution is 2.24. The number of fused-ring (bicyclic) bond motifs is 1. The van der Waals surface area contributed by atoms with E-state index in [4.69, 9.17) is 0 Å². The van der Waals surface area contributed by atoms with Crippen LogP contribution >= 0.6 is 0 Å². The monoisotopic (exact) mass is 404 g/mol. The Bertz CT molecular complexity index is 1250. The van der Waals surface area contributed by atoms with Gasteiger partial charge in [-0.15, -0.1) is 0 Å². The quantitative estimate of drug-likeness (QED) is 0.395. The molecule has 8 heteroatoms. The lowest BCUT2D eigenvalue weighted by Crippen LogP contribution is -2.32. The zero-order chi connectivity index (χ0) is 21.3. The van der Waals surface area contributed by atoms with Crippen LogP contribution in [0.2, 0.25) is 0 Å². The maximum atomic E-state index is 12.9. The van der Waals surface area contributed by atoms with Crippen LogP contribution in [0.5, 0.6) is 0 Å². The Labute approximate surface area is 173 Å². The summed E-state index contributed by atoms with van der Waals surface area (Å²) in [4.78, 5) is 35.3. The van der Waals surface area contributed by atoms with Crippen LogP contribution in [0.3, 0.4) is 0 Å². The standard InChI is InChI=1S/C22H24N6O2/c1-12(2)17-9-20(28-27-17)22(30)26-18(19-10-21(29)25-13(3)24-19)8-14-11-23-16-7-5-4-6-15(14)16/h4-7,9-12,18,23H,8H2,1-3H3,(H,26,30)(H,27,28)(H,24,25,29)/t18-/m0/s1. The van der Waals surface area contributed by atoms with Crippen molar-refractivity contribution in [2.75, 3.05) is 0 Å². The van der Waals surface area contributed by atoms with E-state index in [1.54, 1.807) is 13.0 Å². The van der Waals surface area contributed by atoms with Gasteiger partial charge in [-0.05, 0) is 30.5 Å². The second kappa shape index (κ2) is 7.98. The van der Waals surface area contributed by atoms with Crippen molar-refractivity contribution < 1.29 is 4.79 Å². The number of rotatable bonds is 6. The molecule has 0 bridgehead atoms. The number of H-pyrrole nitrogens is 3. The van der Waals surface area contributed by atoms with Gasteiger partial charge < -0.3 is 15.3 Å². The van der Waals surface area contributed by atoms with Gasteiger partial charge in [0.15, 0.2) is 0 Å². The van der Waals surface area contributed by atoms with Crippen LogP contribution in [0.15, 0.2) is 47.4 Å². The van der Waals surface area contributed by atoms with Crippen LogP contribution in [0, 0.1) is 6.92 Å². The summed E-state index contributed by atoms with van der Waals surface area (Å²) in [5, 5.41) is 11.1. The van der Waals surface area contributed by atoms with Crippen molar-refractivity contribution in [3.05, 3.63) is 81.4 Å². The predicted molar refractivity (Wildman–Crippen MR) is 114 cm³/mol. The zero-order valence-corrected chi connectivity index (χ0v) is 17.1. The van der Waals surface area contributed by atoms with Crippen molar-refractivity contribution in [1.82, 2.24) is 30.5 Å². The van der Waals surface area contributed by atoms with Gasteiger partial charge in [-0.25, -0.2) is 4.98 Å². The van der Waals surface area contributed by atoms with Gasteiger partial charge in [-0.2, -0.15) is 5.10 Å².